The maximum atomic E-state index is 6.00. The molecule has 1 atom stereocenters. The number of aromatic nitrogens is 4. The monoisotopic (exact) mass is 356 g/mol. The molecule has 2 aromatic heterocycles. The first-order chi connectivity index (χ1) is 12.2. The second-order valence-electron chi connectivity index (χ2n) is 5.86. The molecule has 0 aliphatic carbocycles. The van der Waals surface area contributed by atoms with Crippen LogP contribution in [-0.2, 0) is 0 Å². The predicted molar refractivity (Wildman–Crippen MR) is 97.4 cm³/mol. The van der Waals surface area contributed by atoms with E-state index in [1.54, 1.807) is 25.6 Å². The third kappa shape index (κ3) is 3.41. The third-order valence-electron chi connectivity index (χ3n) is 4.18. The number of methoxy groups -OCH3 is 1. The van der Waals surface area contributed by atoms with E-state index < -0.39 is 0 Å². The molecule has 1 aliphatic rings. The van der Waals surface area contributed by atoms with Crippen molar-refractivity contribution in [2.24, 2.45) is 0 Å². The van der Waals surface area contributed by atoms with E-state index in [1.165, 1.54) is 0 Å². The Morgan fingerprint density at radius 2 is 2.12 bits per heavy atom. The maximum absolute atomic E-state index is 6.00. The Balaban J connectivity index is 1.47. The molecule has 4 rings (SSSR count). The molecule has 7 nitrogen and oxygen atoms in total. The molecule has 8 heteroatoms. The molecule has 1 aliphatic heterocycles. The van der Waals surface area contributed by atoms with Crippen LogP contribution in [0, 0.1) is 0 Å². The van der Waals surface area contributed by atoms with E-state index >= 15 is 0 Å². The number of rotatable bonds is 4. The van der Waals surface area contributed by atoms with Crippen molar-refractivity contribution in [3.8, 4) is 5.88 Å². The quantitative estimate of drug-likeness (QED) is 0.770. The fraction of sp³-hybridized carbons (Fsp3) is 0.294. The van der Waals surface area contributed by atoms with Gasteiger partial charge in [0.1, 0.15) is 5.82 Å². The van der Waals surface area contributed by atoms with Gasteiger partial charge in [-0.1, -0.05) is 11.6 Å². The van der Waals surface area contributed by atoms with E-state index in [4.69, 9.17) is 21.3 Å². The Bertz CT molecular complexity index is 905. The number of anilines is 2. The van der Waals surface area contributed by atoms with Crippen LogP contribution in [0.5, 0.6) is 5.88 Å². The minimum atomic E-state index is 0.245. The van der Waals surface area contributed by atoms with Gasteiger partial charge in [0, 0.05) is 36.4 Å². The highest BCUT2D eigenvalue weighted by Crippen LogP contribution is 2.23. The summed E-state index contributed by atoms with van der Waals surface area (Å²) in [6, 6.07) is 7.52. The van der Waals surface area contributed by atoms with Gasteiger partial charge in [0.15, 0.2) is 0 Å². The minimum absolute atomic E-state index is 0.245. The molecule has 1 saturated heterocycles. The summed E-state index contributed by atoms with van der Waals surface area (Å²) in [6.07, 6.45) is 4.45. The van der Waals surface area contributed by atoms with Gasteiger partial charge in [0.05, 0.1) is 24.3 Å². The van der Waals surface area contributed by atoms with Crippen LogP contribution in [0.2, 0.25) is 5.02 Å². The lowest BCUT2D eigenvalue weighted by atomic mass is 10.3. The van der Waals surface area contributed by atoms with Gasteiger partial charge in [-0.3, -0.25) is 4.98 Å². The van der Waals surface area contributed by atoms with E-state index in [0.717, 1.165) is 36.4 Å². The van der Waals surface area contributed by atoms with E-state index in [2.05, 4.69) is 25.2 Å². The van der Waals surface area contributed by atoms with E-state index in [1.807, 2.05) is 18.2 Å². The zero-order valence-electron chi connectivity index (χ0n) is 13.7. The predicted octanol–water partition coefficient (Wildman–Crippen LogP) is 2.77. The molecule has 1 N–H and O–H groups in total. The molecule has 3 heterocycles. The zero-order chi connectivity index (χ0) is 17.2. The van der Waals surface area contributed by atoms with Crippen molar-refractivity contribution in [2.75, 3.05) is 30.4 Å². The van der Waals surface area contributed by atoms with Gasteiger partial charge in [-0.05, 0) is 24.6 Å². The van der Waals surface area contributed by atoms with Gasteiger partial charge in [-0.15, -0.1) is 0 Å². The molecule has 0 radical (unpaired) electrons. The molecule has 0 amide bonds. The zero-order valence-corrected chi connectivity index (χ0v) is 14.4. The average Bonchev–Trinajstić information content (AvgIpc) is 3.10. The molecule has 25 heavy (non-hydrogen) atoms. The van der Waals surface area contributed by atoms with Gasteiger partial charge in [-0.25, -0.2) is 9.97 Å². The smallest absolute Gasteiger partial charge is 0.226 e. The first kappa shape index (κ1) is 15.8. The summed E-state index contributed by atoms with van der Waals surface area (Å²) in [5.41, 5.74) is 1.64. The molecule has 1 fully saturated rings. The highest BCUT2D eigenvalue weighted by Gasteiger charge is 2.24. The van der Waals surface area contributed by atoms with Crippen LogP contribution < -0.4 is 15.0 Å². The molecule has 0 bridgehead atoms. The van der Waals surface area contributed by atoms with E-state index in [9.17, 15) is 0 Å². The van der Waals surface area contributed by atoms with Crippen molar-refractivity contribution >= 4 is 34.4 Å². The van der Waals surface area contributed by atoms with Crippen molar-refractivity contribution in [2.45, 2.75) is 12.5 Å². The van der Waals surface area contributed by atoms with Gasteiger partial charge in [-0.2, -0.15) is 4.98 Å². The maximum Gasteiger partial charge on any atom is 0.226 e. The van der Waals surface area contributed by atoms with Gasteiger partial charge in [0.2, 0.25) is 11.8 Å². The standard InChI is InChI=1S/C17H17ClN6O/c1-25-16-4-6-19-17(23-16)21-12-5-7-24(10-12)15-9-20-14-8-11(18)2-3-13(14)22-15/h2-4,6,8-9,12H,5,7,10H2,1H3,(H,19,21,23). The van der Waals surface area contributed by atoms with Crippen LogP contribution in [0.1, 0.15) is 6.42 Å². The normalized spacial score (nSPS) is 17.0. The van der Waals surface area contributed by atoms with Gasteiger partial charge in [0.25, 0.3) is 0 Å². The largest absolute Gasteiger partial charge is 0.481 e. The van der Waals surface area contributed by atoms with Crippen LogP contribution in [0.4, 0.5) is 11.8 Å². The topological polar surface area (TPSA) is 76.1 Å². The Kier molecular flexibility index (Phi) is 4.23. The second-order valence-corrected chi connectivity index (χ2v) is 6.30. The SMILES string of the molecule is COc1ccnc(NC2CCN(c3cnc4cc(Cl)ccc4n3)C2)n1. The van der Waals surface area contributed by atoms with Crippen molar-refractivity contribution in [3.63, 3.8) is 0 Å². The number of ether oxygens (including phenoxy) is 1. The molecule has 128 valence electrons. The number of benzene rings is 1. The number of fused-ring (bicyclic) bond motifs is 1. The summed E-state index contributed by atoms with van der Waals surface area (Å²) < 4.78 is 5.13. The summed E-state index contributed by atoms with van der Waals surface area (Å²) in [5.74, 6) is 1.99. The number of nitrogens with one attached hydrogen (secondary N) is 1. The third-order valence-corrected chi connectivity index (χ3v) is 4.41. The lowest BCUT2D eigenvalue weighted by molar-refractivity contribution is 0.397. The van der Waals surface area contributed by atoms with Crippen LogP contribution in [-0.4, -0.2) is 46.2 Å². The van der Waals surface area contributed by atoms with Crippen LogP contribution in [0.3, 0.4) is 0 Å². The highest BCUT2D eigenvalue weighted by atomic mass is 35.5. The molecule has 3 aromatic rings. The van der Waals surface area contributed by atoms with Gasteiger partial charge >= 0.3 is 0 Å². The Labute approximate surface area is 150 Å². The summed E-state index contributed by atoms with van der Waals surface area (Å²) in [6.45, 7) is 1.71. The molecular formula is C17H17ClN6O. The fourth-order valence-corrected chi connectivity index (χ4v) is 3.09. The molecule has 1 aromatic carbocycles. The van der Waals surface area contributed by atoms with Crippen molar-refractivity contribution in [1.29, 1.82) is 0 Å². The van der Waals surface area contributed by atoms with Crippen LogP contribution in [0.25, 0.3) is 11.0 Å². The Morgan fingerprint density at radius 1 is 1.20 bits per heavy atom. The summed E-state index contributed by atoms with van der Waals surface area (Å²) >= 11 is 6.00. The van der Waals surface area contributed by atoms with E-state index in [0.29, 0.717) is 16.9 Å². The molecule has 0 spiro atoms. The average molecular weight is 357 g/mol. The van der Waals surface area contributed by atoms with Crippen molar-refractivity contribution < 1.29 is 4.74 Å². The van der Waals surface area contributed by atoms with Gasteiger partial charge < -0.3 is 15.0 Å². The Hall–Kier alpha value is -2.67. The van der Waals surface area contributed by atoms with E-state index in [-0.39, 0.29) is 6.04 Å². The van der Waals surface area contributed by atoms with Crippen molar-refractivity contribution in [1.82, 2.24) is 19.9 Å². The lowest BCUT2D eigenvalue weighted by Gasteiger charge is -2.18. The molecule has 0 saturated carbocycles. The summed E-state index contributed by atoms with van der Waals surface area (Å²) in [4.78, 5) is 19.9. The number of halogens is 1. The summed E-state index contributed by atoms with van der Waals surface area (Å²) in [7, 11) is 1.59. The fourth-order valence-electron chi connectivity index (χ4n) is 2.92. The van der Waals surface area contributed by atoms with Crippen LogP contribution >= 0.6 is 11.6 Å². The first-order valence-electron chi connectivity index (χ1n) is 8.02. The summed E-state index contributed by atoms with van der Waals surface area (Å²) in [5, 5.41) is 4.02. The number of nitrogens with zero attached hydrogens (tertiary/aromatic N) is 5. The lowest BCUT2D eigenvalue weighted by Crippen LogP contribution is -2.27. The first-order valence-corrected chi connectivity index (χ1v) is 8.40. The second kappa shape index (κ2) is 6.68. The number of hydrogen-bond donors (Lipinski definition) is 1. The number of hydrogen-bond acceptors (Lipinski definition) is 7. The Morgan fingerprint density at radius 3 is 3.00 bits per heavy atom. The minimum Gasteiger partial charge on any atom is -0.481 e. The highest BCUT2D eigenvalue weighted by molar-refractivity contribution is 6.31. The van der Waals surface area contributed by atoms with Crippen LogP contribution in [0.15, 0.2) is 36.7 Å². The molecule has 1 unspecified atom stereocenters. The molecular weight excluding hydrogens is 340 g/mol. The van der Waals surface area contributed by atoms with Crippen molar-refractivity contribution in [3.05, 3.63) is 41.7 Å².